The van der Waals surface area contributed by atoms with E-state index in [2.05, 4.69) is 9.97 Å². The fourth-order valence-electron chi connectivity index (χ4n) is 1.50. The number of carboxylic acids is 1. The molecule has 0 bridgehead atoms. The third kappa shape index (κ3) is 3.51. The van der Waals surface area contributed by atoms with Gasteiger partial charge in [-0.15, -0.1) is 11.8 Å². The minimum atomic E-state index is -2.94. The molecule has 1 heterocycles. The smallest absolute Gasteiger partial charge is 0.339 e. The van der Waals surface area contributed by atoms with Crippen molar-refractivity contribution in [3.05, 3.63) is 53.6 Å². The quantitative estimate of drug-likeness (QED) is 0.857. The van der Waals surface area contributed by atoms with Crippen LogP contribution in [0.1, 0.15) is 28.3 Å². The average Bonchev–Trinajstić information content (AvgIpc) is 2.45. The van der Waals surface area contributed by atoms with Gasteiger partial charge in [0.25, 0.3) is 6.43 Å². The Hall–Kier alpha value is -2.02. The summed E-state index contributed by atoms with van der Waals surface area (Å²) in [6.07, 6.45) is -2.01. The number of rotatable bonds is 5. The Kier molecular flexibility index (Phi) is 4.62. The molecule has 1 aromatic heterocycles. The van der Waals surface area contributed by atoms with Crippen LogP contribution in [0.4, 0.5) is 8.78 Å². The second-order valence-electron chi connectivity index (χ2n) is 3.79. The van der Waals surface area contributed by atoms with Crippen molar-refractivity contribution < 1.29 is 18.7 Å². The Morgan fingerprint density at radius 1 is 1.30 bits per heavy atom. The number of aromatic carboxylic acids is 1. The van der Waals surface area contributed by atoms with Gasteiger partial charge in [-0.25, -0.2) is 23.5 Å². The second kappa shape index (κ2) is 6.42. The molecule has 0 amide bonds. The predicted molar refractivity (Wildman–Crippen MR) is 70.0 cm³/mol. The van der Waals surface area contributed by atoms with Gasteiger partial charge in [-0.05, 0) is 12.1 Å². The normalized spacial score (nSPS) is 10.8. The number of carbonyl (C=O) groups is 1. The van der Waals surface area contributed by atoms with Crippen molar-refractivity contribution in [2.75, 3.05) is 0 Å². The van der Waals surface area contributed by atoms with E-state index in [0.717, 1.165) is 11.1 Å². The van der Waals surface area contributed by atoms with Gasteiger partial charge in [0, 0.05) is 11.1 Å². The first-order chi connectivity index (χ1) is 9.58. The molecule has 0 atom stereocenters. The van der Waals surface area contributed by atoms with E-state index in [4.69, 9.17) is 5.11 Å². The maximum atomic E-state index is 12.8. The summed E-state index contributed by atoms with van der Waals surface area (Å²) >= 11 is 1.39. The Morgan fingerprint density at radius 3 is 2.60 bits per heavy atom. The Labute approximate surface area is 117 Å². The molecule has 0 aliphatic rings. The van der Waals surface area contributed by atoms with E-state index >= 15 is 0 Å². The molecule has 20 heavy (non-hydrogen) atoms. The lowest BCUT2D eigenvalue weighted by Gasteiger charge is -2.06. The summed E-state index contributed by atoms with van der Waals surface area (Å²) in [6.45, 7) is 0. The van der Waals surface area contributed by atoms with Gasteiger partial charge in [-0.3, -0.25) is 0 Å². The first-order valence-corrected chi connectivity index (χ1v) is 6.61. The van der Waals surface area contributed by atoms with E-state index < -0.39 is 23.7 Å². The van der Waals surface area contributed by atoms with Gasteiger partial charge in [0.1, 0.15) is 17.1 Å². The fourth-order valence-corrected chi connectivity index (χ4v) is 2.28. The number of benzene rings is 1. The molecule has 1 N–H and O–H groups in total. The number of halogens is 2. The fraction of sp³-hybridized carbons (Fsp3) is 0.154. The molecule has 0 radical (unpaired) electrons. The molecule has 4 nitrogen and oxygen atoms in total. The van der Waals surface area contributed by atoms with E-state index in [1.165, 1.54) is 11.8 Å². The zero-order valence-electron chi connectivity index (χ0n) is 10.2. The van der Waals surface area contributed by atoms with Crippen molar-refractivity contribution in [2.24, 2.45) is 0 Å². The molecule has 0 aliphatic carbocycles. The van der Waals surface area contributed by atoms with Crippen molar-refractivity contribution in [3.8, 4) is 0 Å². The third-order valence-corrected chi connectivity index (χ3v) is 3.42. The van der Waals surface area contributed by atoms with Crippen molar-refractivity contribution in [2.45, 2.75) is 17.1 Å². The van der Waals surface area contributed by atoms with Crippen LogP contribution in [0.3, 0.4) is 0 Å². The van der Waals surface area contributed by atoms with Crippen LogP contribution in [-0.2, 0) is 5.75 Å². The molecule has 0 fully saturated rings. The summed E-state index contributed by atoms with van der Waals surface area (Å²) < 4.78 is 25.5. The minimum absolute atomic E-state index is 0.180. The van der Waals surface area contributed by atoms with Gasteiger partial charge in [-0.2, -0.15) is 0 Å². The highest BCUT2D eigenvalue weighted by Crippen LogP contribution is 2.24. The molecule has 0 aliphatic heterocycles. The largest absolute Gasteiger partial charge is 0.478 e. The predicted octanol–water partition coefficient (Wildman–Crippen LogP) is 3.40. The Morgan fingerprint density at radius 2 is 2.00 bits per heavy atom. The van der Waals surface area contributed by atoms with Gasteiger partial charge < -0.3 is 5.11 Å². The summed E-state index contributed by atoms with van der Waals surface area (Å²) in [7, 11) is 0. The third-order valence-electron chi connectivity index (χ3n) is 2.42. The SMILES string of the molecule is O=C(O)c1cnc(CSc2ccccc2)nc1C(F)F. The molecule has 0 saturated carbocycles. The van der Waals surface area contributed by atoms with Crippen LogP contribution in [0, 0.1) is 0 Å². The standard InChI is InChI=1S/C13H10F2N2O2S/c14-12(15)11-9(13(18)19)6-16-10(17-11)7-20-8-4-2-1-3-5-8/h1-6,12H,7H2,(H,18,19). The van der Waals surface area contributed by atoms with Crippen LogP contribution in [-0.4, -0.2) is 21.0 Å². The molecule has 1 aromatic carbocycles. The lowest BCUT2D eigenvalue weighted by Crippen LogP contribution is -2.09. The zero-order chi connectivity index (χ0) is 14.5. The molecule has 2 aromatic rings. The van der Waals surface area contributed by atoms with E-state index in [1.54, 1.807) is 0 Å². The Bertz CT molecular complexity index is 609. The number of hydrogen-bond donors (Lipinski definition) is 1. The number of aromatic nitrogens is 2. The second-order valence-corrected chi connectivity index (χ2v) is 4.84. The molecule has 0 unspecified atom stereocenters. The van der Waals surface area contributed by atoms with Crippen molar-refractivity contribution in [1.82, 2.24) is 9.97 Å². The van der Waals surface area contributed by atoms with E-state index in [9.17, 15) is 13.6 Å². The highest BCUT2D eigenvalue weighted by Gasteiger charge is 2.21. The van der Waals surface area contributed by atoms with Crippen LogP contribution in [0.15, 0.2) is 41.4 Å². The van der Waals surface area contributed by atoms with Crippen LogP contribution in [0.2, 0.25) is 0 Å². The zero-order valence-corrected chi connectivity index (χ0v) is 11.0. The van der Waals surface area contributed by atoms with Gasteiger partial charge in [0.2, 0.25) is 0 Å². The van der Waals surface area contributed by atoms with Crippen LogP contribution in [0.5, 0.6) is 0 Å². The molecule has 0 saturated heterocycles. The maximum absolute atomic E-state index is 12.8. The van der Waals surface area contributed by atoms with Gasteiger partial charge in [0.05, 0.1) is 5.75 Å². The van der Waals surface area contributed by atoms with Gasteiger partial charge in [0.15, 0.2) is 0 Å². The summed E-state index contributed by atoms with van der Waals surface area (Å²) in [5, 5.41) is 8.79. The van der Waals surface area contributed by atoms with Crippen LogP contribution >= 0.6 is 11.8 Å². The van der Waals surface area contributed by atoms with E-state index in [1.807, 2.05) is 30.3 Å². The lowest BCUT2D eigenvalue weighted by atomic mass is 10.2. The molecule has 7 heteroatoms. The first-order valence-electron chi connectivity index (χ1n) is 5.63. The highest BCUT2D eigenvalue weighted by atomic mass is 32.2. The van der Waals surface area contributed by atoms with Crippen molar-refractivity contribution in [3.63, 3.8) is 0 Å². The number of alkyl halides is 2. The molecule has 104 valence electrons. The topological polar surface area (TPSA) is 63.1 Å². The van der Waals surface area contributed by atoms with Crippen molar-refractivity contribution >= 4 is 17.7 Å². The minimum Gasteiger partial charge on any atom is -0.478 e. The van der Waals surface area contributed by atoms with Gasteiger partial charge in [-0.1, -0.05) is 18.2 Å². The highest BCUT2D eigenvalue weighted by molar-refractivity contribution is 7.98. The van der Waals surface area contributed by atoms with E-state index in [0.29, 0.717) is 5.75 Å². The summed E-state index contributed by atoms with van der Waals surface area (Å²) in [5.74, 6) is -0.981. The molecule has 0 spiro atoms. The lowest BCUT2D eigenvalue weighted by molar-refractivity contribution is 0.0681. The average molecular weight is 296 g/mol. The molecular formula is C13H10F2N2O2S. The summed E-state index contributed by atoms with van der Waals surface area (Å²) in [5.41, 5.74) is -1.30. The van der Waals surface area contributed by atoms with Gasteiger partial charge >= 0.3 is 5.97 Å². The summed E-state index contributed by atoms with van der Waals surface area (Å²) in [6, 6.07) is 9.36. The number of carboxylic acid groups (broad SMARTS) is 1. The van der Waals surface area contributed by atoms with Crippen molar-refractivity contribution in [1.29, 1.82) is 0 Å². The van der Waals surface area contributed by atoms with Crippen LogP contribution < -0.4 is 0 Å². The number of thioether (sulfide) groups is 1. The monoisotopic (exact) mass is 296 g/mol. The first kappa shape index (κ1) is 14.4. The number of nitrogens with zero attached hydrogens (tertiary/aromatic N) is 2. The molecule has 2 rings (SSSR count). The van der Waals surface area contributed by atoms with Crippen LogP contribution in [0.25, 0.3) is 0 Å². The Balaban J connectivity index is 2.17. The summed E-state index contributed by atoms with van der Waals surface area (Å²) in [4.78, 5) is 19.2. The number of hydrogen-bond acceptors (Lipinski definition) is 4. The molecular weight excluding hydrogens is 286 g/mol. The van der Waals surface area contributed by atoms with E-state index in [-0.39, 0.29) is 5.82 Å². The maximum Gasteiger partial charge on any atom is 0.339 e.